The Balaban J connectivity index is 1.93. The third-order valence-corrected chi connectivity index (χ3v) is 5.57. The van der Waals surface area contributed by atoms with Crippen molar-refractivity contribution < 1.29 is 49.0 Å². The van der Waals surface area contributed by atoms with E-state index in [0.29, 0.717) is 23.4 Å². The van der Waals surface area contributed by atoms with Gasteiger partial charge in [-0.1, -0.05) is 12.1 Å². The number of ether oxygens (including phenoxy) is 1. The molecule has 1 amide bonds. The van der Waals surface area contributed by atoms with Crippen molar-refractivity contribution in [2.75, 3.05) is 20.3 Å². The van der Waals surface area contributed by atoms with Crippen LogP contribution in [-0.4, -0.2) is 35.6 Å². The largest absolute Gasteiger partial charge is 0.416 e. The first-order chi connectivity index (χ1) is 17.6. The van der Waals surface area contributed by atoms with E-state index >= 15 is 0 Å². The van der Waals surface area contributed by atoms with E-state index in [9.17, 15) is 44.3 Å². The molecule has 0 aliphatic carbocycles. The van der Waals surface area contributed by atoms with Crippen LogP contribution in [0.25, 0.3) is 0 Å². The van der Waals surface area contributed by atoms with Crippen molar-refractivity contribution in [2.45, 2.75) is 31.6 Å². The smallest absolute Gasteiger partial charge is 0.383 e. The highest BCUT2D eigenvalue weighted by molar-refractivity contribution is 5.94. The number of benzene rings is 2. The molecule has 0 unspecified atom stereocenters. The van der Waals surface area contributed by atoms with Gasteiger partial charge < -0.3 is 14.2 Å². The molecule has 0 N–H and O–H groups in total. The molecule has 3 aromatic rings. The van der Waals surface area contributed by atoms with Crippen molar-refractivity contribution >= 4 is 5.91 Å². The molecule has 2 aromatic carbocycles. The molecule has 13 heteroatoms. The van der Waals surface area contributed by atoms with E-state index in [4.69, 9.17) is 4.74 Å². The number of hydrogen-bond acceptors (Lipinski definition) is 2. The highest BCUT2D eigenvalue weighted by Gasteiger charge is 2.38. The van der Waals surface area contributed by atoms with Crippen LogP contribution in [0.2, 0.25) is 0 Å². The van der Waals surface area contributed by atoms with Crippen molar-refractivity contribution in [3.05, 3.63) is 94.3 Å². The predicted molar refractivity (Wildman–Crippen MR) is 118 cm³/mol. The van der Waals surface area contributed by atoms with E-state index < -0.39 is 46.7 Å². The van der Waals surface area contributed by atoms with Crippen LogP contribution >= 0.6 is 0 Å². The lowest BCUT2D eigenvalue weighted by atomic mass is 10.0. The van der Waals surface area contributed by atoms with Gasteiger partial charge in [-0.3, -0.25) is 4.79 Å². The van der Waals surface area contributed by atoms with Crippen LogP contribution in [0.5, 0.6) is 0 Å². The lowest BCUT2D eigenvalue weighted by Gasteiger charge is -2.24. The molecule has 0 fully saturated rings. The lowest BCUT2D eigenvalue weighted by Crippen LogP contribution is -2.34. The molecule has 0 aliphatic heterocycles. The number of nitrogens with zero attached hydrogens (tertiary/aromatic N) is 2. The van der Waals surface area contributed by atoms with Gasteiger partial charge in [0.25, 0.3) is 5.91 Å². The molecular weight excluding hydrogens is 531 g/mol. The molecule has 4 nitrogen and oxygen atoms in total. The van der Waals surface area contributed by atoms with Crippen LogP contribution in [0.3, 0.4) is 0 Å². The average molecular weight is 552 g/mol. The highest BCUT2D eigenvalue weighted by atomic mass is 19.4. The first-order valence-corrected chi connectivity index (χ1v) is 11.0. The molecular formula is C25H21F9N2O2. The number of rotatable bonds is 8. The van der Waals surface area contributed by atoms with Gasteiger partial charge in [-0.05, 0) is 48.0 Å². The van der Waals surface area contributed by atoms with Crippen molar-refractivity contribution in [3.8, 4) is 0 Å². The molecule has 3 rings (SSSR count). The molecule has 0 bridgehead atoms. The zero-order valence-electron chi connectivity index (χ0n) is 19.7. The van der Waals surface area contributed by atoms with Gasteiger partial charge in [0.05, 0.1) is 29.8 Å². The number of carbonyl (C=O) groups excluding carboxylic acids is 1. The summed E-state index contributed by atoms with van der Waals surface area (Å²) >= 11 is 0. The third-order valence-electron chi connectivity index (χ3n) is 5.57. The fourth-order valence-corrected chi connectivity index (χ4v) is 3.70. The first kappa shape index (κ1) is 29.1. The van der Waals surface area contributed by atoms with Crippen LogP contribution in [0.1, 0.15) is 38.3 Å². The number of alkyl halides is 9. The number of hydrogen-bond donors (Lipinski definition) is 0. The van der Waals surface area contributed by atoms with Crippen LogP contribution in [0, 0.1) is 0 Å². The highest BCUT2D eigenvalue weighted by Crippen LogP contribution is 2.36. The summed E-state index contributed by atoms with van der Waals surface area (Å²) in [6.45, 7) is -0.543. The van der Waals surface area contributed by atoms with Gasteiger partial charge >= 0.3 is 18.5 Å². The fraction of sp³-hybridized carbons (Fsp3) is 0.320. The number of methoxy groups -OCH3 is 1. The summed E-state index contributed by atoms with van der Waals surface area (Å²) in [7, 11) is 1.30. The molecule has 0 spiro atoms. The maximum atomic E-state index is 13.3. The molecule has 0 saturated heterocycles. The Morgan fingerprint density at radius 2 is 1.42 bits per heavy atom. The minimum Gasteiger partial charge on any atom is -0.383 e. The van der Waals surface area contributed by atoms with Crippen molar-refractivity contribution in [3.63, 3.8) is 0 Å². The summed E-state index contributed by atoms with van der Waals surface area (Å²) in [4.78, 5) is 14.2. The monoisotopic (exact) mass is 552 g/mol. The molecule has 0 atom stereocenters. The summed E-state index contributed by atoms with van der Waals surface area (Å²) in [6, 6.07) is 8.28. The van der Waals surface area contributed by atoms with E-state index in [2.05, 4.69) is 0 Å². The second-order valence-corrected chi connectivity index (χ2v) is 8.34. The lowest BCUT2D eigenvalue weighted by molar-refractivity contribution is -0.143. The average Bonchev–Trinajstić information content (AvgIpc) is 3.25. The minimum absolute atomic E-state index is 0.0274. The van der Waals surface area contributed by atoms with E-state index in [1.54, 1.807) is 6.07 Å². The zero-order chi connectivity index (χ0) is 28.3. The van der Waals surface area contributed by atoms with Gasteiger partial charge in [-0.25, -0.2) is 0 Å². The Morgan fingerprint density at radius 1 is 0.816 bits per heavy atom. The van der Waals surface area contributed by atoms with Crippen LogP contribution < -0.4 is 0 Å². The standard InChI is InChI=1S/C25H21F9N2O2/c1-38-9-8-36(22(37)17-11-19(24(29,30)31)13-20(12-17)25(32,33)34)15-21-6-3-7-35(21)14-16-4-2-5-18(10-16)23(26,27)28/h2-7,10-13H,8-9,14-15H2,1H3. The normalized spacial score (nSPS) is 12.6. The van der Waals surface area contributed by atoms with Gasteiger partial charge in [-0.15, -0.1) is 0 Å². The molecule has 0 radical (unpaired) electrons. The van der Waals surface area contributed by atoms with Crippen LogP contribution in [-0.2, 0) is 36.4 Å². The SMILES string of the molecule is COCCN(Cc1cccn1Cc1cccc(C(F)(F)F)c1)C(=O)c1cc(C(F)(F)F)cc(C(F)(F)F)c1. The second kappa shape index (κ2) is 11.1. The summed E-state index contributed by atoms with van der Waals surface area (Å²) in [5, 5.41) is 0. The first-order valence-electron chi connectivity index (χ1n) is 11.0. The van der Waals surface area contributed by atoms with E-state index in [1.165, 1.54) is 36.1 Å². The van der Waals surface area contributed by atoms with Crippen molar-refractivity contribution in [1.29, 1.82) is 0 Å². The van der Waals surface area contributed by atoms with E-state index in [1.807, 2.05) is 0 Å². The maximum absolute atomic E-state index is 13.3. The number of carbonyl (C=O) groups is 1. The fourth-order valence-electron chi connectivity index (χ4n) is 3.70. The predicted octanol–water partition coefficient (Wildman–Crippen LogP) is 6.88. The Morgan fingerprint density at radius 3 is 1.97 bits per heavy atom. The van der Waals surface area contributed by atoms with E-state index in [0.717, 1.165) is 17.0 Å². The summed E-state index contributed by atoms with van der Waals surface area (Å²) in [5.74, 6) is -1.11. The topological polar surface area (TPSA) is 34.5 Å². The molecule has 38 heavy (non-hydrogen) atoms. The maximum Gasteiger partial charge on any atom is 0.416 e. The van der Waals surface area contributed by atoms with Gasteiger partial charge in [0.2, 0.25) is 0 Å². The Bertz CT molecular complexity index is 1230. The molecule has 206 valence electrons. The number of halogens is 9. The van der Waals surface area contributed by atoms with E-state index in [-0.39, 0.29) is 32.3 Å². The van der Waals surface area contributed by atoms with Gasteiger partial charge in [0.15, 0.2) is 0 Å². The molecule has 1 heterocycles. The van der Waals surface area contributed by atoms with Gasteiger partial charge in [0, 0.05) is 37.7 Å². The van der Waals surface area contributed by atoms with Crippen molar-refractivity contribution in [1.82, 2.24) is 9.47 Å². The zero-order valence-corrected chi connectivity index (χ0v) is 19.7. The molecule has 1 aromatic heterocycles. The van der Waals surface area contributed by atoms with Gasteiger partial charge in [-0.2, -0.15) is 39.5 Å². The van der Waals surface area contributed by atoms with Crippen LogP contribution in [0.4, 0.5) is 39.5 Å². The third kappa shape index (κ3) is 7.30. The second-order valence-electron chi connectivity index (χ2n) is 8.34. The Labute approximate surface area is 211 Å². The molecule has 0 saturated carbocycles. The Hall–Kier alpha value is -3.48. The van der Waals surface area contributed by atoms with Crippen LogP contribution in [0.15, 0.2) is 60.8 Å². The number of aromatic nitrogens is 1. The minimum atomic E-state index is -5.13. The summed E-state index contributed by atoms with van der Waals surface area (Å²) in [6.07, 6.45) is -13.3. The summed E-state index contributed by atoms with van der Waals surface area (Å²) in [5.41, 5.74) is -4.26. The van der Waals surface area contributed by atoms with Crippen molar-refractivity contribution in [2.24, 2.45) is 0 Å². The Kier molecular flexibility index (Phi) is 8.49. The number of amides is 1. The summed E-state index contributed by atoms with van der Waals surface area (Å²) < 4.78 is 125. The molecule has 0 aliphatic rings. The van der Waals surface area contributed by atoms with Gasteiger partial charge in [0.1, 0.15) is 0 Å². The quantitative estimate of drug-likeness (QED) is 0.286.